The van der Waals surface area contributed by atoms with Crippen molar-refractivity contribution in [3.05, 3.63) is 0 Å². The van der Waals surface area contributed by atoms with Gasteiger partial charge in [-0.2, -0.15) is 0 Å². The molecular formula is C6H17NNaO4P. The summed E-state index contributed by atoms with van der Waals surface area (Å²) in [6.45, 7) is 10.1. The van der Waals surface area contributed by atoms with E-state index in [1.54, 1.807) is 0 Å². The van der Waals surface area contributed by atoms with Crippen LogP contribution in [0.3, 0.4) is 0 Å². The minimum atomic E-state index is -4.89. The van der Waals surface area contributed by atoms with Gasteiger partial charge in [-0.05, 0) is 19.6 Å². The summed E-state index contributed by atoms with van der Waals surface area (Å²) in [5, 5.41) is 0. The Hall–Kier alpha value is 1.07. The van der Waals surface area contributed by atoms with Crippen LogP contribution in [0, 0.1) is 0 Å². The SMILES string of the molecule is CCN(CC)CC.O=P([O-])(O)O.[Na+]. The van der Waals surface area contributed by atoms with Crippen LogP contribution < -0.4 is 34.5 Å². The van der Waals surface area contributed by atoms with E-state index in [0.29, 0.717) is 0 Å². The number of phosphoric acid groups is 1. The Kier molecular flexibility index (Phi) is 16.8. The van der Waals surface area contributed by atoms with Gasteiger partial charge in [-0.25, -0.2) is 0 Å². The number of nitrogens with zero attached hydrogens (tertiary/aromatic N) is 1. The van der Waals surface area contributed by atoms with Gasteiger partial charge >= 0.3 is 29.6 Å². The van der Waals surface area contributed by atoms with E-state index in [4.69, 9.17) is 19.2 Å². The molecule has 2 N–H and O–H groups in total. The molecule has 7 heteroatoms. The van der Waals surface area contributed by atoms with Gasteiger partial charge < -0.3 is 19.6 Å². The molecule has 0 aromatic heterocycles. The van der Waals surface area contributed by atoms with Crippen molar-refractivity contribution in [2.24, 2.45) is 0 Å². The predicted octanol–water partition coefficient (Wildman–Crippen LogP) is -3.21. The van der Waals surface area contributed by atoms with Gasteiger partial charge in [0.2, 0.25) is 0 Å². The van der Waals surface area contributed by atoms with Gasteiger partial charge in [0.25, 0.3) is 7.82 Å². The third-order valence-corrected chi connectivity index (χ3v) is 1.34. The second-order valence-electron chi connectivity index (χ2n) is 2.11. The molecule has 0 aliphatic rings. The number of hydrogen-bond donors (Lipinski definition) is 2. The standard InChI is InChI=1S/C6H15N.Na.H3O4P/c1-4-7(5-2)6-3;;1-5(2,3)4/h4-6H2,1-3H3;;(H3,1,2,3,4)/q;+1;/p-1. The van der Waals surface area contributed by atoms with Crippen molar-refractivity contribution in [1.82, 2.24) is 4.90 Å². The van der Waals surface area contributed by atoms with Crippen molar-refractivity contribution in [3.63, 3.8) is 0 Å². The largest absolute Gasteiger partial charge is 1.00 e. The molecule has 76 valence electrons. The first kappa shape index (κ1) is 19.6. The van der Waals surface area contributed by atoms with Crippen LogP contribution in [-0.2, 0) is 4.57 Å². The molecule has 0 bridgehead atoms. The molecule has 0 fully saturated rings. The Morgan fingerprint density at radius 2 is 1.31 bits per heavy atom. The molecule has 0 aliphatic heterocycles. The summed E-state index contributed by atoms with van der Waals surface area (Å²) in [4.78, 5) is 25.3. The average Bonchev–Trinajstić information content (AvgIpc) is 1.88. The maximum Gasteiger partial charge on any atom is 1.00 e. The first-order chi connectivity index (χ1) is 5.35. The molecule has 13 heavy (non-hydrogen) atoms. The van der Waals surface area contributed by atoms with E-state index in [1.165, 1.54) is 19.6 Å². The van der Waals surface area contributed by atoms with Gasteiger partial charge in [-0.1, -0.05) is 20.8 Å². The Bertz CT molecular complexity index is 123. The third-order valence-electron chi connectivity index (χ3n) is 1.34. The van der Waals surface area contributed by atoms with Gasteiger partial charge in [0.15, 0.2) is 0 Å². The molecule has 0 spiro atoms. The summed E-state index contributed by atoms with van der Waals surface area (Å²) in [7, 11) is -4.89. The van der Waals surface area contributed by atoms with Crippen LogP contribution in [0.5, 0.6) is 0 Å². The predicted molar refractivity (Wildman–Crippen MR) is 45.5 cm³/mol. The minimum Gasteiger partial charge on any atom is -0.756 e. The van der Waals surface area contributed by atoms with E-state index in [1.807, 2.05) is 0 Å². The first-order valence-electron chi connectivity index (χ1n) is 3.84. The maximum absolute atomic E-state index is 8.77. The van der Waals surface area contributed by atoms with Crippen molar-refractivity contribution in [3.8, 4) is 0 Å². The minimum absolute atomic E-state index is 0. The molecule has 0 amide bonds. The maximum atomic E-state index is 8.77. The van der Waals surface area contributed by atoms with Gasteiger partial charge in [-0.15, -0.1) is 0 Å². The van der Waals surface area contributed by atoms with E-state index in [0.717, 1.165) is 0 Å². The van der Waals surface area contributed by atoms with Crippen LogP contribution in [0.15, 0.2) is 0 Å². The molecule has 0 saturated carbocycles. The first-order valence-corrected chi connectivity index (χ1v) is 5.37. The van der Waals surface area contributed by atoms with E-state index in [2.05, 4.69) is 25.7 Å². The van der Waals surface area contributed by atoms with Crippen LogP contribution in [0.1, 0.15) is 20.8 Å². The van der Waals surface area contributed by atoms with Gasteiger partial charge in [0, 0.05) is 0 Å². The Balaban J connectivity index is -0.000000150. The second kappa shape index (κ2) is 11.1. The van der Waals surface area contributed by atoms with Gasteiger partial charge in [0.1, 0.15) is 0 Å². The second-order valence-corrected chi connectivity index (χ2v) is 3.09. The third kappa shape index (κ3) is 32.0. The number of hydrogen-bond acceptors (Lipinski definition) is 3. The molecular weight excluding hydrogens is 204 g/mol. The van der Waals surface area contributed by atoms with Crippen molar-refractivity contribution in [2.45, 2.75) is 20.8 Å². The zero-order chi connectivity index (χ0) is 10.2. The van der Waals surface area contributed by atoms with Crippen molar-refractivity contribution in [2.75, 3.05) is 19.6 Å². The zero-order valence-electron chi connectivity index (χ0n) is 8.73. The van der Waals surface area contributed by atoms with Gasteiger partial charge in [-0.3, -0.25) is 4.57 Å². The Morgan fingerprint density at radius 1 is 1.15 bits per heavy atom. The molecule has 0 heterocycles. The summed E-state index contributed by atoms with van der Waals surface area (Å²) >= 11 is 0. The molecule has 0 saturated heterocycles. The van der Waals surface area contributed by atoms with E-state index in [-0.39, 0.29) is 29.6 Å². The average molecular weight is 221 g/mol. The van der Waals surface area contributed by atoms with Gasteiger partial charge in [0.05, 0.1) is 0 Å². The summed E-state index contributed by atoms with van der Waals surface area (Å²) < 4.78 is 8.77. The normalized spacial score (nSPS) is 10.1. The molecule has 0 aliphatic carbocycles. The van der Waals surface area contributed by atoms with Crippen molar-refractivity contribution in [1.29, 1.82) is 0 Å². The monoisotopic (exact) mass is 221 g/mol. The van der Waals surface area contributed by atoms with Crippen LogP contribution in [-0.4, -0.2) is 34.3 Å². The van der Waals surface area contributed by atoms with Crippen LogP contribution >= 0.6 is 7.82 Å². The van der Waals surface area contributed by atoms with E-state index in [9.17, 15) is 0 Å². The topological polar surface area (TPSA) is 83.8 Å². The summed E-state index contributed by atoms with van der Waals surface area (Å²) in [6.07, 6.45) is 0. The summed E-state index contributed by atoms with van der Waals surface area (Å²) in [6, 6.07) is 0. The number of rotatable bonds is 3. The van der Waals surface area contributed by atoms with E-state index < -0.39 is 7.82 Å². The fourth-order valence-corrected chi connectivity index (χ4v) is 0.671. The fourth-order valence-electron chi connectivity index (χ4n) is 0.671. The molecule has 0 atom stereocenters. The summed E-state index contributed by atoms with van der Waals surface area (Å²) in [5.41, 5.74) is 0. The molecule has 5 nitrogen and oxygen atoms in total. The van der Waals surface area contributed by atoms with Crippen molar-refractivity contribution >= 4 is 7.82 Å². The molecule has 0 aromatic rings. The van der Waals surface area contributed by atoms with Crippen LogP contribution in [0.4, 0.5) is 0 Å². The fraction of sp³-hybridized carbons (Fsp3) is 1.00. The molecule has 0 unspecified atom stereocenters. The smallest absolute Gasteiger partial charge is 0.756 e. The zero-order valence-corrected chi connectivity index (χ0v) is 11.6. The Labute approximate surface area is 102 Å². The van der Waals surface area contributed by atoms with Crippen molar-refractivity contribution < 1.29 is 48.8 Å². The Morgan fingerprint density at radius 3 is 1.31 bits per heavy atom. The quantitative estimate of drug-likeness (QED) is 0.387. The summed E-state index contributed by atoms with van der Waals surface area (Å²) in [5.74, 6) is 0. The van der Waals surface area contributed by atoms with Crippen LogP contribution in [0.2, 0.25) is 0 Å². The molecule has 0 rings (SSSR count). The van der Waals surface area contributed by atoms with E-state index >= 15 is 0 Å². The molecule has 0 aromatic carbocycles. The molecule has 0 radical (unpaired) electrons. The van der Waals surface area contributed by atoms with Crippen LogP contribution in [0.25, 0.3) is 0 Å².